The van der Waals surface area contributed by atoms with Gasteiger partial charge >= 0.3 is 0 Å². The number of hydrogen-bond donors (Lipinski definition) is 1. The second-order valence-corrected chi connectivity index (χ2v) is 5.07. The number of ether oxygens (including phenoxy) is 1. The Bertz CT molecular complexity index is 258. The van der Waals surface area contributed by atoms with E-state index in [0.717, 1.165) is 25.9 Å². The molecule has 0 bridgehead atoms. The molecule has 0 heterocycles. The highest BCUT2D eigenvalue weighted by atomic mass is 16.5. The standard InChI is InChI=1S/C14H25NO/c1-6-9-11(4)15-12-10-13(16-8-3)14(12,5)7-2/h1,11-13,15H,7-10H2,2-5H3. The van der Waals surface area contributed by atoms with Gasteiger partial charge in [0.1, 0.15) is 0 Å². The smallest absolute Gasteiger partial charge is 0.0658 e. The van der Waals surface area contributed by atoms with Gasteiger partial charge in [0.2, 0.25) is 0 Å². The molecule has 92 valence electrons. The molecule has 2 heteroatoms. The first-order valence-corrected chi connectivity index (χ1v) is 6.39. The van der Waals surface area contributed by atoms with Gasteiger partial charge in [-0.2, -0.15) is 0 Å². The van der Waals surface area contributed by atoms with Crippen LogP contribution in [-0.2, 0) is 4.74 Å². The number of terminal acetylenes is 1. The van der Waals surface area contributed by atoms with Crippen LogP contribution >= 0.6 is 0 Å². The molecule has 0 radical (unpaired) electrons. The van der Waals surface area contributed by atoms with Crippen LogP contribution in [0.5, 0.6) is 0 Å². The average molecular weight is 223 g/mol. The van der Waals surface area contributed by atoms with Crippen molar-refractivity contribution in [3.8, 4) is 12.3 Å². The lowest BCUT2D eigenvalue weighted by Crippen LogP contribution is -2.63. The predicted octanol–water partition coefficient (Wildman–Crippen LogP) is 2.58. The molecule has 0 amide bonds. The Morgan fingerprint density at radius 3 is 2.75 bits per heavy atom. The van der Waals surface area contributed by atoms with E-state index < -0.39 is 0 Å². The molecule has 0 saturated heterocycles. The van der Waals surface area contributed by atoms with E-state index in [1.807, 2.05) is 0 Å². The van der Waals surface area contributed by atoms with Crippen LogP contribution in [0.1, 0.15) is 47.0 Å². The molecule has 4 atom stereocenters. The van der Waals surface area contributed by atoms with Gasteiger partial charge in [-0.3, -0.25) is 0 Å². The first kappa shape index (κ1) is 13.5. The van der Waals surface area contributed by atoms with Gasteiger partial charge in [-0.05, 0) is 26.7 Å². The van der Waals surface area contributed by atoms with E-state index in [2.05, 4.69) is 38.9 Å². The maximum absolute atomic E-state index is 5.78. The molecule has 0 aliphatic heterocycles. The van der Waals surface area contributed by atoms with Crippen molar-refractivity contribution in [3.63, 3.8) is 0 Å². The third-order valence-electron chi connectivity index (χ3n) is 4.02. The highest BCUT2D eigenvalue weighted by Crippen LogP contribution is 2.46. The van der Waals surface area contributed by atoms with Crippen molar-refractivity contribution >= 4 is 0 Å². The second kappa shape index (κ2) is 5.70. The van der Waals surface area contributed by atoms with Crippen LogP contribution in [0.25, 0.3) is 0 Å². The highest BCUT2D eigenvalue weighted by molar-refractivity contribution is 5.06. The molecule has 4 unspecified atom stereocenters. The zero-order valence-electron chi connectivity index (χ0n) is 11.0. The number of rotatable bonds is 6. The summed E-state index contributed by atoms with van der Waals surface area (Å²) in [5, 5.41) is 3.62. The van der Waals surface area contributed by atoms with Crippen LogP contribution in [0.2, 0.25) is 0 Å². The van der Waals surface area contributed by atoms with Gasteiger partial charge in [0.15, 0.2) is 0 Å². The molecule has 1 rings (SSSR count). The molecule has 0 aromatic heterocycles. The predicted molar refractivity (Wildman–Crippen MR) is 68.3 cm³/mol. The monoisotopic (exact) mass is 223 g/mol. The molecule has 0 aromatic carbocycles. The topological polar surface area (TPSA) is 21.3 Å². The second-order valence-electron chi connectivity index (χ2n) is 5.07. The fourth-order valence-corrected chi connectivity index (χ4v) is 2.59. The van der Waals surface area contributed by atoms with E-state index in [1.165, 1.54) is 0 Å². The fraction of sp³-hybridized carbons (Fsp3) is 0.857. The summed E-state index contributed by atoms with van der Waals surface area (Å²) in [6.45, 7) is 9.59. The zero-order chi connectivity index (χ0) is 12.2. The minimum atomic E-state index is 0.277. The maximum Gasteiger partial charge on any atom is 0.0658 e. The summed E-state index contributed by atoms with van der Waals surface area (Å²) >= 11 is 0. The quantitative estimate of drug-likeness (QED) is 0.699. The molecule has 1 fully saturated rings. The van der Waals surface area contributed by atoms with E-state index >= 15 is 0 Å². The van der Waals surface area contributed by atoms with Gasteiger partial charge in [0.05, 0.1) is 6.10 Å². The Kier molecular flexibility index (Phi) is 4.83. The maximum atomic E-state index is 5.78. The molecule has 0 aromatic rings. The van der Waals surface area contributed by atoms with Crippen molar-refractivity contribution in [2.45, 2.75) is 65.1 Å². The van der Waals surface area contributed by atoms with E-state index in [0.29, 0.717) is 18.2 Å². The number of nitrogens with one attached hydrogen (secondary N) is 1. The molecule has 1 saturated carbocycles. The van der Waals surface area contributed by atoms with Gasteiger partial charge in [-0.25, -0.2) is 0 Å². The van der Waals surface area contributed by atoms with Crippen molar-refractivity contribution in [1.82, 2.24) is 5.32 Å². The lowest BCUT2D eigenvalue weighted by atomic mass is 9.61. The first-order chi connectivity index (χ1) is 7.58. The summed E-state index contributed by atoms with van der Waals surface area (Å²) in [6.07, 6.45) is 8.81. The van der Waals surface area contributed by atoms with Gasteiger partial charge < -0.3 is 10.1 Å². The molecule has 2 nitrogen and oxygen atoms in total. The Labute approximate surface area is 100 Å². The van der Waals surface area contributed by atoms with Crippen LogP contribution in [-0.4, -0.2) is 24.8 Å². The van der Waals surface area contributed by atoms with Crippen molar-refractivity contribution in [2.24, 2.45) is 5.41 Å². The molecular weight excluding hydrogens is 198 g/mol. The normalized spacial score (nSPS) is 35.2. The number of hydrogen-bond acceptors (Lipinski definition) is 2. The first-order valence-electron chi connectivity index (χ1n) is 6.39. The lowest BCUT2D eigenvalue weighted by molar-refractivity contribution is -0.127. The minimum absolute atomic E-state index is 0.277. The molecule has 0 spiro atoms. The third-order valence-corrected chi connectivity index (χ3v) is 4.02. The summed E-state index contributed by atoms with van der Waals surface area (Å²) < 4.78 is 5.78. The van der Waals surface area contributed by atoms with Crippen LogP contribution in [0, 0.1) is 17.8 Å². The Morgan fingerprint density at radius 1 is 1.56 bits per heavy atom. The third kappa shape index (κ3) is 2.59. The summed E-state index contributed by atoms with van der Waals surface area (Å²) in [5.74, 6) is 2.71. The van der Waals surface area contributed by atoms with Gasteiger partial charge in [0.25, 0.3) is 0 Å². The van der Waals surface area contributed by atoms with Crippen LogP contribution in [0.3, 0.4) is 0 Å². The van der Waals surface area contributed by atoms with Crippen LogP contribution in [0.15, 0.2) is 0 Å². The summed E-state index contributed by atoms with van der Waals surface area (Å²) in [4.78, 5) is 0. The van der Waals surface area contributed by atoms with Crippen LogP contribution < -0.4 is 5.32 Å². The average Bonchev–Trinajstić information content (AvgIpc) is 2.27. The van der Waals surface area contributed by atoms with E-state index in [4.69, 9.17) is 11.2 Å². The molecule has 1 aliphatic rings. The summed E-state index contributed by atoms with van der Waals surface area (Å²) in [6, 6.07) is 0.959. The van der Waals surface area contributed by atoms with Crippen molar-refractivity contribution < 1.29 is 4.74 Å². The minimum Gasteiger partial charge on any atom is -0.378 e. The highest BCUT2D eigenvalue weighted by Gasteiger charge is 2.51. The summed E-state index contributed by atoms with van der Waals surface area (Å²) in [7, 11) is 0. The zero-order valence-corrected chi connectivity index (χ0v) is 11.0. The van der Waals surface area contributed by atoms with Crippen molar-refractivity contribution in [1.29, 1.82) is 0 Å². The van der Waals surface area contributed by atoms with Crippen LogP contribution in [0.4, 0.5) is 0 Å². The Balaban J connectivity index is 2.49. The van der Waals surface area contributed by atoms with Crippen molar-refractivity contribution in [2.75, 3.05) is 6.61 Å². The molecule has 16 heavy (non-hydrogen) atoms. The van der Waals surface area contributed by atoms with Crippen molar-refractivity contribution in [3.05, 3.63) is 0 Å². The Hall–Kier alpha value is -0.520. The largest absolute Gasteiger partial charge is 0.378 e. The van der Waals surface area contributed by atoms with Gasteiger partial charge in [0, 0.05) is 30.5 Å². The van der Waals surface area contributed by atoms with E-state index in [1.54, 1.807) is 0 Å². The van der Waals surface area contributed by atoms with E-state index in [-0.39, 0.29) is 5.41 Å². The SMILES string of the molecule is C#CCC(C)NC1CC(OCC)C1(C)CC. The molecular formula is C14H25NO. The summed E-state index contributed by atoms with van der Waals surface area (Å²) in [5.41, 5.74) is 0.277. The molecule has 1 aliphatic carbocycles. The van der Waals surface area contributed by atoms with E-state index in [9.17, 15) is 0 Å². The molecule has 1 N–H and O–H groups in total. The Morgan fingerprint density at radius 2 is 2.25 bits per heavy atom. The fourth-order valence-electron chi connectivity index (χ4n) is 2.59. The lowest BCUT2D eigenvalue weighted by Gasteiger charge is -2.54. The van der Waals surface area contributed by atoms with Gasteiger partial charge in [-0.1, -0.05) is 13.8 Å². The van der Waals surface area contributed by atoms with Gasteiger partial charge in [-0.15, -0.1) is 12.3 Å².